The molecule has 0 aliphatic heterocycles. The van der Waals surface area contributed by atoms with Gasteiger partial charge in [-0.2, -0.15) is 0 Å². The van der Waals surface area contributed by atoms with E-state index in [0.29, 0.717) is 32.1 Å². The zero-order valence-electron chi connectivity index (χ0n) is 25.7. The van der Waals surface area contributed by atoms with Crippen LogP contribution in [0.15, 0.2) is 59.7 Å². The second kappa shape index (κ2) is 16.8. The molecule has 0 radical (unpaired) electrons. The Hall–Kier alpha value is -4.91. The smallest absolute Gasteiger partial charge is 0.243 e. The third-order valence-corrected chi connectivity index (χ3v) is 7.26. The molecule has 2 aromatic carbocycles. The summed E-state index contributed by atoms with van der Waals surface area (Å²) in [6.07, 6.45) is 3.80. The van der Waals surface area contributed by atoms with Crippen LogP contribution in [0.5, 0.6) is 5.75 Å². The number of phenolic OH excluding ortho intramolecular Hbond substituents is 1. The first-order valence-corrected chi connectivity index (χ1v) is 15.0. The summed E-state index contributed by atoms with van der Waals surface area (Å²) in [4.78, 5) is 59.1. The number of aldehydes is 1. The first-order chi connectivity index (χ1) is 21.5. The van der Waals surface area contributed by atoms with Crippen LogP contribution in [-0.4, -0.2) is 70.8 Å². The molecule has 0 aliphatic rings. The van der Waals surface area contributed by atoms with Gasteiger partial charge in [0.05, 0.1) is 12.1 Å². The van der Waals surface area contributed by atoms with Crippen LogP contribution in [0.25, 0.3) is 10.9 Å². The molecule has 3 aromatic rings. The van der Waals surface area contributed by atoms with E-state index in [4.69, 9.17) is 17.2 Å². The molecule has 11 N–H and O–H groups in total. The lowest BCUT2D eigenvalue weighted by molar-refractivity contribution is -0.133. The number of fused-ring (bicyclic) bond motifs is 1. The van der Waals surface area contributed by atoms with Gasteiger partial charge in [-0.05, 0) is 60.9 Å². The first-order valence-electron chi connectivity index (χ1n) is 15.0. The van der Waals surface area contributed by atoms with E-state index >= 15 is 0 Å². The maximum atomic E-state index is 13.8. The van der Waals surface area contributed by atoms with E-state index < -0.39 is 41.9 Å². The molecule has 13 nitrogen and oxygen atoms in total. The van der Waals surface area contributed by atoms with Crippen LogP contribution < -0.4 is 33.2 Å². The lowest BCUT2D eigenvalue weighted by Crippen LogP contribution is -2.57. The van der Waals surface area contributed by atoms with Crippen LogP contribution in [0, 0.1) is 5.92 Å². The molecular formula is C32H44N8O5. The second-order valence-electron chi connectivity index (χ2n) is 11.5. The van der Waals surface area contributed by atoms with E-state index in [2.05, 4.69) is 25.9 Å². The lowest BCUT2D eigenvalue weighted by Gasteiger charge is -2.26. The Balaban J connectivity index is 1.78. The van der Waals surface area contributed by atoms with Gasteiger partial charge in [-0.1, -0.05) is 44.2 Å². The number of aliphatic imine (C=N–C) groups is 1. The van der Waals surface area contributed by atoms with Crippen molar-refractivity contribution in [3.63, 3.8) is 0 Å². The summed E-state index contributed by atoms with van der Waals surface area (Å²) in [6, 6.07) is 10.1. The number of nitrogens with zero attached hydrogens (tertiary/aromatic N) is 1. The molecule has 0 fully saturated rings. The summed E-state index contributed by atoms with van der Waals surface area (Å²) >= 11 is 0. The molecule has 4 atom stereocenters. The van der Waals surface area contributed by atoms with Crippen LogP contribution in [0.1, 0.15) is 44.2 Å². The maximum Gasteiger partial charge on any atom is 0.243 e. The second-order valence-corrected chi connectivity index (χ2v) is 11.5. The number of amides is 3. The fraction of sp³-hybridized carbons (Fsp3) is 0.406. The largest absolute Gasteiger partial charge is 0.508 e. The van der Waals surface area contributed by atoms with E-state index in [-0.39, 0.29) is 30.5 Å². The SMILES string of the molecule is CC(C)C[C@H](NC(=O)[C@@H](Cc1c[nH]c2ccccc12)NC(=O)[C@@H](N)Cc1ccc(O)cc1)C(=O)N[C@H](C=O)CCCN=C(N)N. The number of nitrogens with two attached hydrogens (primary N) is 3. The fourth-order valence-corrected chi connectivity index (χ4v) is 4.94. The summed E-state index contributed by atoms with van der Waals surface area (Å²) in [5, 5.41) is 18.7. The number of carbonyl (C=O) groups is 4. The number of aromatic nitrogens is 1. The van der Waals surface area contributed by atoms with Gasteiger partial charge in [-0.3, -0.25) is 19.4 Å². The van der Waals surface area contributed by atoms with Gasteiger partial charge < -0.3 is 48.0 Å². The van der Waals surface area contributed by atoms with Crippen LogP contribution in [-0.2, 0) is 32.0 Å². The van der Waals surface area contributed by atoms with E-state index in [1.807, 2.05) is 38.1 Å². The zero-order chi connectivity index (χ0) is 32.9. The highest BCUT2D eigenvalue weighted by Crippen LogP contribution is 2.20. The summed E-state index contributed by atoms with van der Waals surface area (Å²) in [7, 11) is 0. The van der Waals surface area contributed by atoms with Crippen molar-refractivity contribution in [2.24, 2.45) is 28.1 Å². The van der Waals surface area contributed by atoms with Crippen molar-refractivity contribution >= 4 is 40.9 Å². The minimum atomic E-state index is -1.06. The van der Waals surface area contributed by atoms with Crippen molar-refractivity contribution in [1.82, 2.24) is 20.9 Å². The summed E-state index contributed by atoms with van der Waals surface area (Å²) < 4.78 is 0. The molecule has 45 heavy (non-hydrogen) atoms. The van der Waals surface area contributed by atoms with Gasteiger partial charge in [0, 0.05) is 30.1 Å². The minimum Gasteiger partial charge on any atom is -0.508 e. The van der Waals surface area contributed by atoms with Crippen molar-refractivity contribution < 1.29 is 24.3 Å². The highest BCUT2D eigenvalue weighted by Gasteiger charge is 2.30. The van der Waals surface area contributed by atoms with Crippen molar-refractivity contribution in [2.75, 3.05) is 6.54 Å². The molecule has 3 amide bonds. The number of phenols is 1. The van der Waals surface area contributed by atoms with Crippen molar-refractivity contribution in [3.05, 3.63) is 65.9 Å². The predicted octanol–water partition coefficient (Wildman–Crippen LogP) is 0.739. The molecule has 3 rings (SSSR count). The molecule has 0 bridgehead atoms. The van der Waals surface area contributed by atoms with Gasteiger partial charge in [0.2, 0.25) is 17.7 Å². The van der Waals surface area contributed by atoms with Crippen molar-refractivity contribution in [1.29, 1.82) is 0 Å². The Labute approximate surface area is 262 Å². The molecule has 13 heteroatoms. The van der Waals surface area contributed by atoms with E-state index in [9.17, 15) is 24.3 Å². The Bertz CT molecular complexity index is 1470. The number of carbonyl (C=O) groups excluding carboxylic acids is 4. The number of rotatable bonds is 17. The molecule has 0 saturated heterocycles. The lowest BCUT2D eigenvalue weighted by atomic mass is 9.99. The monoisotopic (exact) mass is 620 g/mol. The van der Waals surface area contributed by atoms with Gasteiger partial charge >= 0.3 is 0 Å². The average Bonchev–Trinajstić information content (AvgIpc) is 3.41. The maximum absolute atomic E-state index is 13.8. The number of aromatic hydroxyl groups is 1. The third-order valence-electron chi connectivity index (χ3n) is 7.26. The number of aromatic amines is 1. The van der Waals surface area contributed by atoms with Crippen LogP contribution >= 0.6 is 0 Å². The number of benzene rings is 2. The van der Waals surface area contributed by atoms with Crippen molar-refractivity contribution in [2.45, 2.75) is 70.1 Å². The molecule has 0 saturated carbocycles. The number of nitrogens with one attached hydrogen (secondary N) is 4. The minimum absolute atomic E-state index is 0.0259. The average molecular weight is 621 g/mol. The van der Waals surface area contributed by atoms with Gasteiger partial charge in [0.15, 0.2) is 5.96 Å². The predicted molar refractivity (Wildman–Crippen MR) is 173 cm³/mol. The van der Waals surface area contributed by atoms with Gasteiger partial charge in [0.25, 0.3) is 0 Å². The Morgan fingerprint density at radius 2 is 1.60 bits per heavy atom. The van der Waals surface area contributed by atoms with E-state index in [1.54, 1.807) is 18.3 Å². The molecule has 0 aliphatic carbocycles. The zero-order valence-corrected chi connectivity index (χ0v) is 25.7. The van der Waals surface area contributed by atoms with Gasteiger partial charge in [0.1, 0.15) is 24.1 Å². The molecule has 0 spiro atoms. The van der Waals surface area contributed by atoms with Crippen LogP contribution in [0.4, 0.5) is 0 Å². The van der Waals surface area contributed by atoms with Crippen LogP contribution in [0.2, 0.25) is 0 Å². The highest BCUT2D eigenvalue weighted by molar-refractivity contribution is 5.94. The Morgan fingerprint density at radius 3 is 2.27 bits per heavy atom. The normalized spacial score (nSPS) is 13.8. The van der Waals surface area contributed by atoms with E-state index in [0.717, 1.165) is 22.0 Å². The molecule has 242 valence electrons. The number of hydrogen-bond acceptors (Lipinski definition) is 7. The molecular weight excluding hydrogens is 576 g/mol. The number of para-hydroxylation sites is 1. The molecule has 0 unspecified atom stereocenters. The Kier molecular flexibility index (Phi) is 12.9. The number of hydrogen-bond donors (Lipinski definition) is 8. The fourth-order valence-electron chi connectivity index (χ4n) is 4.94. The Morgan fingerprint density at radius 1 is 0.933 bits per heavy atom. The highest BCUT2D eigenvalue weighted by atomic mass is 16.3. The molecule has 1 aromatic heterocycles. The summed E-state index contributed by atoms with van der Waals surface area (Å²) in [5.74, 6) is -1.57. The number of H-pyrrole nitrogens is 1. The van der Waals surface area contributed by atoms with E-state index in [1.165, 1.54) is 12.1 Å². The van der Waals surface area contributed by atoms with Gasteiger partial charge in [-0.15, -0.1) is 0 Å². The topological polar surface area (TPSA) is 231 Å². The summed E-state index contributed by atoms with van der Waals surface area (Å²) in [5.41, 5.74) is 19.3. The third kappa shape index (κ3) is 10.9. The summed E-state index contributed by atoms with van der Waals surface area (Å²) in [6.45, 7) is 4.12. The van der Waals surface area contributed by atoms with Gasteiger partial charge in [-0.25, -0.2) is 0 Å². The first kappa shape index (κ1) is 34.6. The molecule has 1 heterocycles. The quantitative estimate of drug-likeness (QED) is 0.0463. The standard InChI is InChI=1S/C32H44N8O5/c1-19(2)14-27(30(44)38-22(18-41)6-5-13-36-32(34)35)40-31(45)28(16-21-17-37-26-8-4-3-7-24(21)26)39-29(43)25(33)15-20-9-11-23(42)12-10-20/h3-4,7-12,17-19,22,25,27-28,37,42H,5-6,13-16,33H2,1-2H3,(H,38,44)(H,39,43)(H,40,45)(H4,34,35,36)/t22-,25-,27-,28+/m0/s1. The number of guanidine groups is 1. The van der Waals surface area contributed by atoms with Crippen LogP contribution in [0.3, 0.4) is 0 Å². The van der Waals surface area contributed by atoms with Crippen molar-refractivity contribution in [3.8, 4) is 5.75 Å².